The number of rotatable bonds is 5. The van der Waals surface area contributed by atoms with Gasteiger partial charge < -0.3 is 4.74 Å². The molecule has 0 atom stereocenters. The Morgan fingerprint density at radius 1 is 1.20 bits per heavy atom. The summed E-state index contributed by atoms with van der Waals surface area (Å²) in [5, 5.41) is 10.8. The van der Waals surface area contributed by atoms with Gasteiger partial charge in [0.05, 0.1) is 4.92 Å². The molecule has 0 aromatic heterocycles. The summed E-state index contributed by atoms with van der Waals surface area (Å²) in [5.41, 5.74) is 1.82. The molecule has 2 rings (SSSR count). The molecule has 0 bridgehead atoms. The van der Waals surface area contributed by atoms with Crippen LogP contribution in [0.1, 0.15) is 18.1 Å². The third kappa shape index (κ3) is 3.45. The van der Waals surface area contributed by atoms with E-state index in [0.29, 0.717) is 17.9 Å². The maximum absolute atomic E-state index is 10.8. The average molecular weight is 269 g/mol. The first kappa shape index (κ1) is 13.8. The number of nitro benzene ring substituents is 1. The van der Waals surface area contributed by atoms with Crippen molar-refractivity contribution in [2.24, 2.45) is 0 Å². The Labute approximate surface area is 117 Å². The van der Waals surface area contributed by atoms with Crippen molar-refractivity contribution >= 4 is 11.8 Å². The molecule has 0 amide bonds. The number of ether oxygens (including phenoxy) is 1. The Morgan fingerprint density at radius 2 is 1.95 bits per heavy atom. The van der Waals surface area contributed by atoms with Crippen molar-refractivity contribution in [2.75, 3.05) is 0 Å². The summed E-state index contributed by atoms with van der Waals surface area (Å²) < 4.78 is 5.74. The Morgan fingerprint density at radius 3 is 2.60 bits per heavy atom. The molecule has 2 aromatic carbocycles. The molecule has 0 N–H and O–H groups in total. The highest BCUT2D eigenvalue weighted by atomic mass is 16.6. The molecule has 0 unspecified atom stereocenters. The minimum Gasteiger partial charge on any atom is -0.488 e. The van der Waals surface area contributed by atoms with Crippen LogP contribution in [0.2, 0.25) is 0 Å². The summed E-state index contributed by atoms with van der Waals surface area (Å²) in [5.74, 6) is 0.637. The molecule has 20 heavy (non-hydrogen) atoms. The van der Waals surface area contributed by atoms with Gasteiger partial charge in [-0.15, -0.1) is 0 Å². The first-order valence-corrected chi connectivity index (χ1v) is 6.28. The fourth-order valence-electron chi connectivity index (χ4n) is 1.83. The number of hydrogen-bond donors (Lipinski definition) is 0. The Kier molecular flexibility index (Phi) is 4.50. The second kappa shape index (κ2) is 6.52. The Bertz CT molecular complexity index is 621. The highest BCUT2D eigenvalue weighted by Crippen LogP contribution is 2.26. The quantitative estimate of drug-likeness (QED) is 0.603. The maximum atomic E-state index is 10.8. The zero-order valence-corrected chi connectivity index (χ0v) is 11.2. The van der Waals surface area contributed by atoms with Gasteiger partial charge in [-0.2, -0.15) is 0 Å². The lowest BCUT2D eigenvalue weighted by Crippen LogP contribution is -1.97. The summed E-state index contributed by atoms with van der Waals surface area (Å²) in [6.07, 6.45) is 3.63. The minimum atomic E-state index is -0.409. The van der Waals surface area contributed by atoms with Crippen molar-refractivity contribution in [2.45, 2.75) is 13.5 Å². The highest BCUT2D eigenvalue weighted by Gasteiger charge is 2.10. The molecular formula is C16H15NO3. The third-order valence-corrected chi connectivity index (χ3v) is 2.79. The van der Waals surface area contributed by atoms with Crippen molar-refractivity contribution < 1.29 is 9.66 Å². The van der Waals surface area contributed by atoms with Gasteiger partial charge in [-0.05, 0) is 18.6 Å². The minimum absolute atomic E-state index is 0.0603. The van der Waals surface area contributed by atoms with Gasteiger partial charge in [-0.25, -0.2) is 0 Å². The van der Waals surface area contributed by atoms with Gasteiger partial charge in [0.15, 0.2) is 0 Å². The lowest BCUT2D eigenvalue weighted by molar-refractivity contribution is -0.384. The second-order valence-corrected chi connectivity index (χ2v) is 4.25. The molecule has 4 nitrogen and oxygen atoms in total. The van der Waals surface area contributed by atoms with E-state index >= 15 is 0 Å². The number of benzene rings is 2. The predicted octanol–water partition coefficient (Wildman–Crippen LogP) is 4.21. The van der Waals surface area contributed by atoms with Crippen LogP contribution in [0.15, 0.2) is 54.6 Å². The van der Waals surface area contributed by atoms with E-state index in [1.807, 2.05) is 43.3 Å². The summed E-state index contributed by atoms with van der Waals surface area (Å²) >= 11 is 0. The van der Waals surface area contributed by atoms with Gasteiger partial charge >= 0.3 is 0 Å². The van der Waals surface area contributed by atoms with E-state index in [-0.39, 0.29) is 5.69 Å². The highest BCUT2D eigenvalue weighted by molar-refractivity contribution is 5.60. The molecule has 0 spiro atoms. The summed E-state index contributed by atoms with van der Waals surface area (Å²) in [7, 11) is 0. The molecule has 0 aliphatic rings. The lowest BCUT2D eigenvalue weighted by Gasteiger charge is -2.09. The van der Waals surface area contributed by atoms with Crippen molar-refractivity contribution in [1.29, 1.82) is 0 Å². The van der Waals surface area contributed by atoms with Gasteiger partial charge in [0.2, 0.25) is 0 Å². The van der Waals surface area contributed by atoms with Crippen LogP contribution in [0.25, 0.3) is 6.08 Å². The summed E-state index contributed by atoms with van der Waals surface area (Å²) in [6, 6.07) is 14.4. The maximum Gasteiger partial charge on any atom is 0.270 e. The van der Waals surface area contributed by atoms with Crippen molar-refractivity contribution in [3.8, 4) is 5.75 Å². The number of hydrogen-bond acceptors (Lipinski definition) is 3. The van der Waals surface area contributed by atoms with Gasteiger partial charge in [0, 0.05) is 17.7 Å². The molecule has 0 heterocycles. The van der Waals surface area contributed by atoms with E-state index in [2.05, 4.69) is 0 Å². The SMILES string of the molecule is CC=Cc1cc([N+](=O)[O-])ccc1OCc1ccccc1. The number of nitrogens with zero attached hydrogens (tertiary/aromatic N) is 1. The smallest absolute Gasteiger partial charge is 0.270 e. The normalized spacial score (nSPS) is 10.7. The third-order valence-electron chi connectivity index (χ3n) is 2.79. The van der Waals surface area contributed by atoms with E-state index < -0.39 is 4.92 Å². The topological polar surface area (TPSA) is 52.4 Å². The predicted molar refractivity (Wildman–Crippen MR) is 78.6 cm³/mol. The molecule has 102 valence electrons. The van der Waals surface area contributed by atoms with Crippen molar-refractivity contribution in [3.05, 3.63) is 75.8 Å². The Hall–Kier alpha value is -2.62. The van der Waals surface area contributed by atoms with Crippen LogP contribution in [-0.2, 0) is 6.61 Å². The molecule has 2 aromatic rings. The van der Waals surface area contributed by atoms with Crippen molar-refractivity contribution in [3.63, 3.8) is 0 Å². The van der Waals surface area contributed by atoms with Crippen LogP contribution < -0.4 is 4.74 Å². The molecule has 0 radical (unpaired) electrons. The van der Waals surface area contributed by atoms with Crippen LogP contribution in [0.3, 0.4) is 0 Å². The van der Waals surface area contributed by atoms with Crippen LogP contribution in [0.4, 0.5) is 5.69 Å². The van der Waals surface area contributed by atoms with Gasteiger partial charge in [-0.3, -0.25) is 10.1 Å². The standard InChI is InChI=1S/C16H15NO3/c1-2-6-14-11-15(17(18)19)9-10-16(14)20-12-13-7-4-3-5-8-13/h2-11H,12H2,1H3. The molecule has 0 aliphatic heterocycles. The number of allylic oxidation sites excluding steroid dienone is 1. The fourth-order valence-corrected chi connectivity index (χ4v) is 1.83. The molecule has 0 aliphatic carbocycles. The first-order chi connectivity index (χ1) is 9.70. The first-order valence-electron chi connectivity index (χ1n) is 6.28. The number of nitro groups is 1. The molecule has 0 saturated carbocycles. The van der Waals surface area contributed by atoms with Crippen LogP contribution in [0, 0.1) is 10.1 Å². The van der Waals surface area contributed by atoms with Crippen LogP contribution in [0.5, 0.6) is 5.75 Å². The van der Waals surface area contributed by atoms with Crippen LogP contribution >= 0.6 is 0 Å². The number of non-ortho nitro benzene ring substituents is 1. The van der Waals surface area contributed by atoms with E-state index in [1.165, 1.54) is 12.1 Å². The van der Waals surface area contributed by atoms with E-state index in [1.54, 1.807) is 12.1 Å². The van der Waals surface area contributed by atoms with Gasteiger partial charge in [0.25, 0.3) is 5.69 Å². The molecule has 4 heteroatoms. The Balaban J connectivity index is 2.20. The largest absolute Gasteiger partial charge is 0.488 e. The van der Waals surface area contributed by atoms with Gasteiger partial charge in [-0.1, -0.05) is 42.5 Å². The zero-order chi connectivity index (χ0) is 14.4. The summed E-state index contributed by atoms with van der Waals surface area (Å²) in [6.45, 7) is 2.29. The molecular weight excluding hydrogens is 254 g/mol. The van der Waals surface area contributed by atoms with E-state index in [4.69, 9.17) is 4.74 Å². The lowest BCUT2D eigenvalue weighted by atomic mass is 10.1. The van der Waals surface area contributed by atoms with E-state index in [0.717, 1.165) is 5.56 Å². The van der Waals surface area contributed by atoms with Crippen molar-refractivity contribution in [1.82, 2.24) is 0 Å². The summed E-state index contributed by atoms with van der Waals surface area (Å²) in [4.78, 5) is 10.4. The average Bonchev–Trinajstić information content (AvgIpc) is 2.47. The molecule has 0 saturated heterocycles. The second-order valence-electron chi connectivity index (χ2n) is 4.25. The van der Waals surface area contributed by atoms with Crippen LogP contribution in [-0.4, -0.2) is 4.92 Å². The zero-order valence-electron chi connectivity index (χ0n) is 11.2. The fraction of sp³-hybridized carbons (Fsp3) is 0.125. The molecule has 0 fully saturated rings. The van der Waals surface area contributed by atoms with E-state index in [9.17, 15) is 10.1 Å². The van der Waals surface area contributed by atoms with Gasteiger partial charge in [0.1, 0.15) is 12.4 Å². The monoisotopic (exact) mass is 269 g/mol.